The number of benzene rings is 2. The van der Waals surface area contributed by atoms with E-state index in [-0.39, 0.29) is 24.1 Å². The smallest absolute Gasteiger partial charge is 0.408 e. The molecular formula is C18H11Br2ClN4O3. The molecule has 28 heavy (non-hydrogen) atoms. The van der Waals surface area contributed by atoms with E-state index in [9.17, 15) is 4.79 Å². The van der Waals surface area contributed by atoms with Gasteiger partial charge in [-0.3, -0.25) is 9.36 Å². The van der Waals surface area contributed by atoms with Crippen LogP contribution in [0.3, 0.4) is 0 Å². The summed E-state index contributed by atoms with van der Waals surface area (Å²) in [7, 11) is 0. The molecule has 7 nitrogen and oxygen atoms in total. The fourth-order valence-electron chi connectivity index (χ4n) is 2.64. The Balaban J connectivity index is 1.67. The summed E-state index contributed by atoms with van der Waals surface area (Å²) >= 11 is 12.9. The minimum absolute atomic E-state index is 0.0620. The molecule has 10 heteroatoms. The van der Waals surface area contributed by atoms with E-state index in [4.69, 9.17) is 20.8 Å². The van der Waals surface area contributed by atoms with Crippen LogP contribution in [0, 0.1) is 6.92 Å². The molecule has 0 unspecified atom stereocenters. The standard InChI is InChI=1S/C18H11Br2ClN4O3/c1-9-22-16-11(6-10(19)7-12(16)20)17(26)25(9)8-15-23-24-18(28-15)27-14-5-3-2-4-13(14)21/h2-7H,8H2,1H3. The number of hydrogen-bond acceptors (Lipinski definition) is 6. The number of ether oxygens (including phenoxy) is 1. The maximum atomic E-state index is 12.9. The molecule has 0 saturated heterocycles. The third kappa shape index (κ3) is 3.69. The summed E-state index contributed by atoms with van der Waals surface area (Å²) in [6.07, 6.45) is -0.0620. The van der Waals surface area contributed by atoms with Gasteiger partial charge in [0, 0.05) is 8.95 Å². The normalized spacial score (nSPS) is 11.1. The molecule has 0 amide bonds. The van der Waals surface area contributed by atoms with Gasteiger partial charge in [-0.1, -0.05) is 44.8 Å². The maximum absolute atomic E-state index is 12.9. The van der Waals surface area contributed by atoms with Crippen molar-refractivity contribution in [1.82, 2.24) is 19.7 Å². The predicted octanol–water partition coefficient (Wildman–Crippen LogP) is 5.11. The second-order valence-corrected chi connectivity index (χ2v) is 8.01. The molecule has 0 aliphatic heterocycles. The largest absolute Gasteiger partial charge is 0.420 e. The van der Waals surface area contributed by atoms with Gasteiger partial charge in [0.05, 0.1) is 15.9 Å². The third-order valence-corrected chi connectivity index (χ3v) is 5.32. The summed E-state index contributed by atoms with van der Waals surface area (Å²) in [5.41, 5.74) is 0.381. The Morgan fingerprint density at radius 2 is 2.00 bits per heavy atom. The van der Waals surface area contributed by atoms with Crippen LogP contribution in [0.4, 0.5) is 0 Å². The first-order chi connectivity index (χ1) is 13.4. The number of aryl methyl sites for hydroxylation is 1. The molecule has 0 aliphatic rings. The zero-order valence-corrected chi connectivity index (χ0v) is 18.2. The first-order valence-corrected chi connectivity index (χ1v) is 10.00. The summed E-state index contributed by atoms with van der Waals surface area (Å²) in [5, 5.41) is 8.69. The van der Waals surface area contributed by atoms with Crippen molar-refractivity contribution in [2.45, 2.75) is 13.5 Å². The number of hydrogen-bond donors (Lipinski definition) is 0. The molecule has 0 fully saturated rings. The van der Waals surface area contributed by atoms with Crippen molar-refractivity contribution < 1.29 is 9.15 Å². The van der Waals surface area contributed by atoms with E-state index in [2.05, 4.69) is 47.0 Å². The Kier molecular flexibility index (Phi) is 5.22. The van der Waals surface area contributed by atoms with Gasteiger partial charge in [-0.2, -0.15) is 0 Å². The summed E-state index contributed by atoms with van der Waals surface area (Å²) in [6.45, 7) is 1.81. The molecule has 0 N–H and O–H groups in total. The van der Waals surface area contributed by atoms with Crippen LogP contribution in [0.25, 0.3) is 10.9 Å². The van der Waals surface area contributed by atoms with Crippen molar-refractivity contribution in [3.63, 3.8) is 0 Å². The maximum Gasteiger partial charge on any atom is 0.420 e. The first-order valence-electron chi connectivity index (χ1n) is 8.03. The van der Waals surface area contributed by atoms with Crippen molar-refractivity contribution in [2.75, 3.05) is 0 Å². The average Bonchev–Trinajstić information content (AvgIpc) is 3.09. The van der Waals surface area contributed by atoms with Gasteiger partial charge in [0.25, 0.3) is 5.56 Å². The van der Waals surface area contributed by atoms with Gasteiger partial charge in [-0.05, 0) is 47.1 Å². The minimum atomic E-state index is -0.212. The van der Waals surface area contributed by atoms with Crippen LogP contribution in [0.2, 0.25) is 5.02 Å². The lowest BCUT2D eigenvalue weighted by molar-refractivity contribution is 0.315. The number of para-hydroxylation sites is 1. The van der Waals surface area contributed by atoms with Crippen molar-refractivity contribution in [2.24, 2.45) is 0 Å². The van der Waals surface area contributed by atoms with Crippen LogP contribution in [0.5, 0.6) is 11.8 Å². The quantitative estimate of drug-likeness (QED) is 0.368. The Labute approximate surface area is 180 Å². The summed E-state index contributed by atoms with van der Waals surface area (Å²) in [4.78, 5) is 17.5. The van der Waals surface area contributed by atoms with E-state index in [1.165, 1.54) is 4.57 Å². The Bertz CT molecular complexity index is 1260. The molecule has 0 aliphatic carbocycles. The van der Waals surface area contributed by atoms with Gasteiger partial charge in [-0.25, -0.2) is 4.98 Å². The molecule has 0 bridgehead atoms. The lowest BCUT2D eigenvalue weighted by Crippen LogP contribution is -2.24. The number of halogens is 3. The molecule has 0 radical (unpaired) electrons. The molecule has 0 saturated carbocycles. The monoisotopic (exact) mass is 524 g/mol. The summed E-state index contributed by atoms with van der Waals surface area (Å²) in [6, 6.07) is 10.5. The minimum Gasteiger partial charge on any atom is -0.408 e. The molecule has 2 aromatic carbocycles. The van der Waals surface area contributed by atoms with Crippen LogP contribution in [0.1, 0.15) is 11.7 Å². The number of fused-ring (bicyclic) bond motifs is 1. The number of aromatic nitrogens is 4. The molecule has 142 valence electrons. The van der Waals surface area contributed by atoms with Crippen LogP contribution >= 0.6 is 43.5 Å². The third-order valence-electron chi connectivity index (χ3n) is 3.94. The van der Waals surface area contributed by atoms with E-state index < -0.39 is 0 Å². The first kappa shape index (κ1) is 19.1. The van der Waals surface area contributed by atoms with Crippen molar-refractivity contribution in [3.05, 3.63) is 72.4 Å². The Morgan fingerprint density at radius 3 is 2.79 bits per heavy atom. The zero-order chi connectivity index (χ0) is 19.8. The van der Waals surface area contributed by atoms with Gasteiger partial charge in [0.1, 0.15) is 12.4 Å². The Hall–Kier alpha value is -2.23. The predicted molar refractivity (Wildman–Crippen MR) is 111 cm³/mol. The molecule has 0 spiro atoms. The molecule has 4 rings (SSSR count). The van der Waals surface area contributed by atoms with Gasteiger partial charge in [-0.15, -0.1) is 5.10 Å². The highest BCUT2D eigenvalue weighted by atomic mass is 79.9. The van der Waals surface area contributed by atoms with Crippen molar-refractivity contribution in [3.8, 4) is 11.8 Å². The van der Waals surface area contributed by atoms with Crippen LogP contribution in [0.15, 0.2) is 54.6 Å². The summed E-state index contributed by atoms with van der Waals surface area (Å²) < 4.78 is 14.0. The molecule has 2 aromatic heterocycles. The topological polar surface area (TPSA) is 83.0 Å². The van der Waals surface area contributed by atoms with E-state index in [1.54, 1.807) is 37.3 Å². The highest BCUT2D eigenvalue weighted by Gasteiger charge is 2.16. The fraction of sp³-hybridized carbons (Fsp3) is 0.111. The van der Waals surface area contributed by atoms with Crippen LogP contribution < -0.4 is 10.3 Å². The van der Waals surface area contributed by atoms with Gasteiger partial charge < -0.3 is 9.15 Å². The van der Waals surface area contributed by atoms with E-state index in [0.29, 0.717) is 27.5 Å². The number of rotatable bonds is 4. The molecule has 2 heterocycles. The second kappa shape index (κ2) is 7.65. The molecule has 0 atom stereocenters. The highest BCUT2D eigenvalue weighted by Crippen LogP contribution is 2.28. The fourth-order valence-corrected chi connectivity index (χ4v) is 4.13. The Morgan fingerprint density at radius 1 is 1.21 bits per heavy atom. The van der Waals surface area contributed by atoms with Crippen LogP contribution in [-0.4, -0.2) is 19.7 Å². The molecular weight excluding hydrogens is 515 g/mol. The lowest BCUT2D eigenvalue weighted by Gasteiger charge is -2.10. The average molecular weight is 527 g/mol. The van der Waals surface area contributed by atoms with Gasteiger partial charge >= 0.3 is 6.08 Å². The van der Waals surface area contributed by atoms with Crippen LogP contribution in [-0.2, 0) is 6.54 Å². The highest BCUT2D eigenvalue weighted by molar-refractivity contribution is 9.11. The lowest BCUT2D eigenvalue weighted by atomic mass is 10.2. The van der Waals surface area contributed by atoms with Crippen molar-refractivity contribution >= 4 is 54.4 Å². The summed E-state index contributed by atoms with van der Waals surface area (Å²) in [5.74, 6) is 1.13. The van der Waals surface area contributed by atoms with Gasteiger partial charge in [0.15, 0.2) is 5.75 Å². The SMILES string of the molecule is Cc1nc2c(Br)cc(Br)cc2c(=O)n1Cc1nnc(Oc2ccccc2Cl)o1. The van der Waals surface area contributed by atoms with E-state index in [1.807, 2.05) is 6.07 Å². The number of nitrogens with zero attached hydrogens (tertiary/aromatic N) is 4. The molecule has 4 aromatic rings. The van der Waals surface area contributed by atoms with E-state index in [0.717, 1.165) is 8.95 Å². The van der Waals surface area contributed by atoms with Gasteiger partial charge in [0.2, 0.25) is 5.89 Å². The second-order valence-electron chi connectivity index (χ2n) is 5.83. The zero-order valence-electron chi connectivity index (χ0n) is 14.3. The van der Waals surface area contributed by atoms with Crippen molar-refractivity contribution in [1.29, 1.82) is 0 Å². The van der Waals surface area contributed by atoms with E-state index >= 15 is 0 Å².